The van der Waals surface area contributed by atoms with Crippen LogP contribution in [-0.2, 0) is 0 Å². The Morgan fingerprint density at radius 3 is 1.80 bits per heavy atom. The van der Waals surface area contributed by atoms with Gasteiger partial charge in [0.2, 0.25) is 0 Å². The number of nitrogens with zero attached hydrogens (tertiary/aromatic N) is 1. The molecule has 29 valence electrons. The summed E-state index contributed by atoms with van der Waals surface area (Å²) in [4.78, 5) is 0. The third kappa shape index (κ3) is 645. The second-order valence-corrected chi connectivity index (χ2v) is 0.346. The average Bonchev–Trinajstić information content (AvgIpc) is 1.46. The zero-order chi connectivity index (χ0) is 4.71. The summed E-state index contributed by atoms with van der Waals surface area (Å²) < 4.78 is 2.69. The molecule has 0 amide bonds. The predicted octanol–water partition coefficient (Wildman–Crippen LogP) is -0.208. The molecule has 0 unspecified atom stereocenters. The van der Waals surface area contributed by atoms with E-state index in [1.54, 1.807) is 0 Å². The second-order valence-electron chi connectivity index (χ2n) is 0.115. The number of aliphatic hydroxyl groups is 1. The first-order chi connectivity index (χ1) is 2.41. The molecule has 0 atom stereocenters. The van der Waals surface area contributed by atoms with Crippen LogP contribution in [0.25, 0.3) is 0 Å². The van der Waals surface area contributed by atoms with E-state index in [-0.39, 0.29) is 0 Å². The molecular formula is CH5BNOS. The van der Waals surface area contributed by atoms with Gasteiger partial charge in [-0.05, 0) is 0 Å². The normalized spacial score (nSPS) is 3.60. The van der Waals surface area contributed by atoms with Gasteiger partial charge in [-0.15, -0.1) is 0 Å². The zero-order valence-corrected chi connectivity index (χ0v) is 3.81. The molecule has 0 aliphatic heterocycles. The van der Waals surface area contributed by atoms with E-state index >= 15 is 0 Å². The molecule has 0 heterocycles. The van der Waals surface area contributed by atoms with Gasteiger partial charge in [-0.3, -0.25) is 0 Å². The summed E-state index contributed by atoms with van der Waals surface area (Å²) in [6.07, 6.45) is 0. The van der Waals surface area contributed by atoms with Crippen LogP contribution >= 0.6 is 12.8 Å². The van der Waals surface area contributed by atoms with Crippen LogP contribution in [0.3, 0.4) is 0 Å². The van der Waals surface area contributed by atoms with Crippen molar-refractivity contribution >= 4 is 20.5 Å². The van der Waals surface area contributed by atoms with Crippen LogP contribution in [0.15, 0.2) is 4.30 Å². The molecule has 0 saturated carbocycles. The van der Waals surface area contributed by atoms with Crippen LogP contribution in [0.5, 0.6) is 0 Å². The summed E-state index contributed by atoms with van der Waals surface area (Å²) in [5, 5.41) is 7.00. The Labute approximate surface area is 37.9 Å². The standard InChI is InChI=1S/CH4O.BHNS/c1-2;1-2-3/h2H,1H3;3H. The SMILES string of the molecule is CO.[B]=NS. The van der Waals surface area contributed by atoms with E-state index in [1.165, 1.54) is 0 Å². The molecule has 1 N–H and O–H groups in total. The summed E-state index contributed by atoms with van der Waals surface area (Å²) >= 11 is 3.19. The predicted molar refractivity (Wildman–Crippen MR) is 25.3 cm³/mol. The number of hydrogen-bond donors (Lipinski definition) is 2. The molecule has 0 aliphatic carbocycles. The van der Waals surface area contributed by atoms with E-state index in [2.05, 4.69) is 24.8 Å². The van der Waals surface area contributed by atoms with Gasteiger partial charge in [0, 0.05) is 7.11 Å². The van der Waals surface area contributed by atoms with E-state index < -0.39 is 0 Å². The Bertz CT molecular complexity index is 19.1. The second kappa shape index (κ2) is 30.5. The molecule has 0 aromatic heterocycles. The van der Waals surface area contributed by atoms with Crippen LogP contribution in [0.1, 0.15) is 0 Å². The third-order valence-electron chi connectivity index (χ3n) is 0. The summed E-state index contributed by atoms with van der Waals surface area (Å²) in [6, 6.07) is 0. The van der Waals surface area contributed by atoms with Gasteiger partial charge in [-0.25, -0.2) is 0 Å². The number of rotatable bonds is 0. The molecule has 0 saturated heterocycles. The van der Waals surface area contributed by atoms with Gasteiger partial charge < -0.3 is 5.11 Å². The molecular weight excluding hydrogens is 84.9 g/mol. The van der Waals surface area contributed by atoms with Crippen molar-refractivity contribution in [3.8, 4) is 0 Å². The van der Waals surface area contributed by atoms with Crippen LogP contribution in [0, 0.1) is 0 Å². The van der Waals surface area contributed by atoms with Gasteiger partial charge in [-0.1, -0.05) is 0 Å². The molecule has 0 aromatic rings. The van der Waals surface area contributed by atoms with Crippen molar-refractivity contribution in [3.63, 3.8) is 0 Å². The summed E-state index contributed by atoms with van der Waals surface area (Å²) in [7, 11) is 5.34. The van der Waals surface area contributed by atoms with Gasteiger partial charge >= 0.3 is 24.8 Å². The monoisotopic (exact) mass is 90.0 g/mol. The molecule has 4 heteroatoms. The van der Waals surface area contributed by atoms with Crippen LogP contribution in [0.4, 0.5) is 0 Å². The van der Waals surface area contributed by atoms with Crippen LogP contribution < -0.4 is 0 Å². The first-order valence-corrected chi connectivity index (χ1v) is 1.31. The van der Waals surface area contributed by atoms with Gasteiger partial charge in [0.25, 0.3) is 0 Å². The number of aliphatic hydroxyl groups excluding tert-OH is 1. The molecule has 0 rings (SSSR count). The minimum atomic E-state index is 1.00. The molecule has 0 bridgehead atoms. The van der Waals surface area contributed by atoms with Crippen molar-refractivity contribution in [1.82, 2.24) is 0 Å². The molecule has 0 aromatic carbocycles. The molecule has 0 aliphatic rings. The fourth-order valence-electron chi connectivity index (χ4n) is 0. The Kier molecular flexibility index (Phi) is 54.6. The van der Waals surface area contributed by atoms with Crippen molar-refractivity contribution in [3.05, 3.63) is 0 Å². The van der Waals surface area contributed by atoms with Crippen molar-refractivity contribution in [1.29, 1.82) is 0 Å². The van der Waals surface area contributed by atoms with Crippen LogP contribution in [-0.4, -0.2) is 19.9 Å². The molecule has 0 spiro atoms. The Hall–Kier alpha value is 0.175. The van der Waals surface area contributed by atoms with E-state index in [1.807, 2.05) is 0 Å². The Balaban J connectivity index is 0. The average molecular weight is 89.9 g/mol. The van der Waals surface area contributed by atoms with Crippen molar-refractivity contribution < 1.29 is 5.11 Å². The zero-order valence-electron chi connectivity index (χ0n) is 2.92. The number of thiol groups is 1. The van der Waals surface area contributed by atoms with Gasteiger partial charge in [-0.2, -0.15) is 0 Å². The van der Waals surface area contributed by atoms with Crippen molar-refractivity contribution in [2.75, 3.05) is 7.11 Å². The van der Waals surface area contributed by atoms with E-state index in [9.17, 15) is 0 Å². The molecule has 0 fully saturated rings. The fraction of sp³-hybridized carbons (Fsp3) is 1.00. The van der Waals surface area contributed by atoms with Gasteiger partial charge in [0.05, 0.1) is 0 Å². The third-order valence-corrected chi connectivity index (χ3v) is 0. The maximum absolute atomic E-state index is 7.00. The summed E-state index contributed by atoms with van der Waals surface area (Å²) in [6.45, 7) is 0. The van der Waals surface area contributed by atoms with Gasteiger partial charge in [0.1, 0.15) is 0 Å². The summed E-state index contributed by atoms with van der Waals surface area (Å²) in [5.74, 6) is 0. The van der Waals surface area contributed by atoms with Gasteiger partial charge in [0.15, 0.2) is 0 Å². The maximum atomic E-state index is 7.00. The van der Waals surface area contributed by atoms with Crippen molar-refractivity contribution in [2.45, 2.75) is 0 Å². The Morgan fingerprint density at radius 1 is 1.80 bits per heavy atom. The first kappa shape index (κ1) is 8.95. The Morgan fingerprint density at radius 2 is 1.80 bits per heavy atom. The topological polar surface area (TPSA) is 32.6 Å². The number of hydrogen-bond acceptors (Lipinski definition) is 3. The summed E-state index contributed by atoms with van der Waals surface area (Å²) in [5.41, 5.74) is 0. The van der Waals surface area contributed by atoms with E-state index in [4.69, 9.17) is 5.11 Å². The quantitative estimate of drug-likeness (QED) is 0.313. The van der Waals surface area contributed by atoms with Crippen LogP contribution in [0.2, 0.25) is 0 Å². The molecule has 2 nitrogen and oxygen atoms in total. The van der Waals surface area contributed by atoms with E-state index in [0.29, 0.717) is 0 Å². The minimum absolute atomic E-state index is 1.00. The molecule has 5 heavy (non-hydrogen) atoms. The van der Waals surface area contributed by atoms with E-state index in [0.717, 1.165) is 7.11 Å². The van der Waals surface area contributed by atoms with Crippen molar-refractivity contribution in [2.24, 2.45) is 4.30 Å². The first-order valence-electron chi connectivity index (χ1n) is 0.905. The molecule has 1 radical (unpaired) electrons. The fourth-order valence-corrected chi connectivity index (χ4v) is 0.